The lowest BCUT2D eigenvalue weighted by Gasteiger charge is -2.13. The average Bonchev–Trinajstić information content (AvgIpc) is 2.76. The largest absolute Gasteiger partial charge is 0.394 e. The Bertz CT molecular complexity index is 347. The average molecular weight is 471 g/mol. The Morgan fingerprint density at radius 1 is 0.469 bits per heavy atom. The second-order valence-electron chi connectivity index (χ2n) is 7.37. The van der Waals surface area contributed by atoms with E-state index in [-0.39, 0.29) is 6.61 Å². The van der Waals surface area contributed by atoms with Crippen LogP contribution >= 0.6 is 0 Å². The summed E-state index contributed by atoms with van der Waals surface area (Å²) in [7, 11) is 0. The van der Waals surface area contributed by atoms with Crippen LogP contribution in [0.2, 0.25) is 0 Å². The van der Waals surface area contributed by atoms with Gasteiger partial charge in [-0.2, -0.15) is 0 Å². The van der Waals surface area contributed by atoms with Crippen LogP contribution < -0.4 is 0 Å². The zero-order chi connectivity index (χ0) is 23.5. The van der Waals surface area contributed by atoms with E-state index in [1.165, 1.54) is 0 Å². The third kappa shape index (κ3) is 27.6. The molecular formula is C22H46O10. The van der Waals surface area contributed by atoms with Crippen molar-refractivity contribution < 1.29 is 48.1 Å². The highest BCUT2D eigenvalue weighted by atomic mass is 16.6. The van der Waals surface area contributed by atoms with Crippen LogP contribution in [-0.4, -0.2) is 129 Å². The summed E-state index contributed by atoms with van der Waals surface area (Å²) in [6, 6.07) is 0. The maximum absolute atomic E-state index is 9.67. The maximum Gasteiger partial charge on any atom is 0.0776 e. The molecule has 0 aromatic heterocycles. The second-order valence-corrected chi connectivity index (χ2v) is 7.37. The first-order valence-electron chi connectivity index (χ1n) is 11.6. The molecule has 0 aliphatic carbocycles. The molecule has 10 nitrogen and oxygen atoms in total. The number of aliphatic hydroxyl groups excluding tert-OH is 2. The Kier molecular flexibility index (Phi) is 26.5. The summed E-state index contributed by atoms with van der Waals surface area (Å²) in [5, 5.41) is 18.2. The Morgan fingerprint density at radius 3 is 1.03 bits per heavy atom. The fourth-order valence-corrected chi connectivity index (χ4v) is 2.44. The molecule has 2 N–H and O–H groups in total. The smallest absolute Gasteiger partial charge is 0.0776 e. The van der Waals surface area contributed by atoms with Crippen LogP contribution in [-0.2, 0) is 37.9 Å². The Hall–Kier alpha value is -0.400. The first kappa shape index (κ1) is 31.6. The summed E-state index contributed by atoms with van der Waals surface area (Å²) in [4.78, 5) is 0. The molecule has 0 amide bonds. The molecule has 0 aromatic rings. The van der Waals surface area contributed by atoms with Crippen molar-refractivity contribution in [2.45, 2.75) is 26.4 Å². The topological polar surface area (TPSA) is 114 Å². The zero-order valence-corrected chi connectivity index (χ0v) is 20.0. The third-order valence-corrected chi connectivity index (χ3v) is 3.89. The van der Waals surface area contributed by atoms with Crippen molar-refractivity contribution in [1.29, 1.82) is 0 Å². The first-order chi connectivity index (χ1) is 15.7. The standard InChI is InChI=1S/C22H46O10/c1-21(2)19-22(24)20-32-18-17-31-16-15-30-14-13-29-12-11-28-10-9-27-8-7-26-6-5-25-4-3-23/h21-24H,3-20H2,1-2H3. The van der Waals surface area contributed by atoms with Crippen LogP contribution in [0.4, 0.5) is 0 Å². The quantitative estimate of drug-likeness (QED) is 0.165. The SMILES string of the molecule is CC(C)CC(O)COCCOCCOCCOCCOCCOCCOCCOCCO. The van der Waals surface area contributed by atoms with Crippen molar-refractivity contribution in [3.8, 4) is 0 Å². The fourth-order valence-electron chi connectivity index (χ4n) is 2.44. The molecule has 0 heterocycles. The fraction of sp³-hybridized carbons (Fsp3) is 1.00. The van der Waals surface area contributed by atoms with E-state index in [9.17, 15) is 5.11 Å². The van der Waals surface area contributed by atoms with Crippen molar-refractivity contribution in [2.24, 2.45) is 5.92 Å². The third-order valence-electron chi connectivity index (χ3n) is 3.89. The molecule has 0 spiro atoms. The molecule has 0 bridgehead atoms. The molecule has 10 heteroatoms. The highest BCUT2D eigenvalue weighted by Gasteiger charge is 2.06. The van der Waals surface area contributed by atoms with E-state index < -0.39 is 6.10 Å². The van der Waals surface area contributed by atoms with Crippen molar-refractivity contribution in [1.82, 2.24) is 0 Å². The van der Waals surface area contributed by atoms with Gasteiger partial charge in [-0.3, -0.25) is 0 Å². The van der Waals surface area contributed by atoms with Gasteiger partial charge in [0.25, 0.3) is 0 Å². The molecule has 0 aromatic carbocycles. The van der Waals surface area contributed by atoms with Gasteiger partial charge >= 0.3 is 0 Å². The van der Waals surface area contributed by atoms with E-state index in [1.54, 1.807) is 0 Å². The highest BCUT2D eigenvalue weighted by Crippen LogP contribution is 2.04. The number of aliphatic hydroxyl groups is 2. The van der Waals surface area contributed by atoms with E-state index in [0.29, 0.717) is 112 Å². The molecule has 0 radical (unpaired) electrons. The van der Waals surface area contributed by atoms with Crippen LogP contribution in [0.3, 0.4) is 0 Å². The lowest BCUT2D eigenvalue weighted by atomic mass is 10.1. The van der Waals surface area contributed by atoms with Gasteiger partial charge in [-0.05, 0) is 12.3 Å². The van der Waals surface area contributed by atoms with Gasteiger partial charge in [0.2, 0.25) is 0 Å². The number of hydrogen-bond acceptors (Lipinski definition) is 10. The highest BCUT2D eigenvalue weighted by molar-refractivity contribution is 4.56. The minimum atomic E-state index is -0.405. The van der Waals surface area contributed by atoms with Gasteiger partial charge in [0, 0.05) is 0 Å². The van der Waals surface area contributed by atoms with Crippen molar-refractivity contribution in [2.75, 3.05) is 112 Å². The van der Waals surface area contributed by atoms with E-state index in [0.717, 1.165) is 6.42 Å². The molecule has 0 saturated heterocycles. The number of hydrogen-bond donors (Lipinski definition) is 2. The Labute approximate surface area is 193 Å². The molecule has 0 aliphatic heterocycles. The van der Waals surface area contributed by atoms with Gasteiger partial charge in [0.1, 0.15) is 0 Å². The minimum Gasteiger partial charge on any atom is -0.394 e. The van der Waals surface area contributed by atoms with Gasteiger partial charge in [-0.1, -0.05) is 13.8 Å². The number of ether oxygens (including phenoxy) is 8. The molecule has 0 fully saturated rings. The van der Waals surface area contributed by atoms with Gasteiger partial charge in [-0.15, -0.1) is 0 Å². The summed E-state index contributed by atoms with van der Waals surface area (Å²) in [6.07, 6.45) is 0.343. The molecule has 0 aliphatic rings. The van der Waals surface area contributed by atoms with Crippen LogP contribution in [0, 0.1) is 5.92 Å². The van der Waals surface area contributed by atoms with E-state index in [4.69, 9.17) is 43.0 Å². The summed E-state index contributed by atoms with van der Waals surface area (Å²) < 4.78 is 42.8. The van der Waals surface area contributed by atoms with Crippen molar-refractivity contribution in [3.63, 3.8) is 0 Å². The second kappa shape index (κ2) is 26.8. The first-order valence-corrected chi connectivity index (χ1v) is 11.6. The molecule has 1 unspecified atom stereocenters. The van der Waals surface area contributed by atoms with Crippen molar-refractivity contribution >= 4 is 0 Å². The van der Waals surface area contributed by atoms with Gasteiger partial charge in [0.05, 0.1) is 118 Å². The van der Waals surface area contributed by atoms with E-state index in [1.807, 2.05) is 0 Å². The predicted molar refractivity (Wildman–Crippen MR) is 119 cm³/mol. The van der Waals surface area contributed by atoms with Crippen LogP contribution in [0.25, 0.3) is 0 Å². The summed E-state index contributed by atoms with van der Waals surface area (Å²) in [5.74, 6) is 0.463. The molecule has 0 saturated carbocycles. The number of rotatable bonds is 27. The predicted octanol–water partition coefficient (Wildman–Crippen LogP) is 0.519. The maximum atomic E-state index is 9.67. The lowest BCUT2D eigenvalue weighted by molar-refractivity contribution is -0.0283. The van der Waals surface area contributed by atoms with Gasteiger partial charge < -0.3 is 48.1 Å². The molecule has 194 valence electrons. The Morgan fingerprint density at radius 2 is 0.750 bits per heavy atom. The lowest BCUT2D eigenvalue weighted by Crippen LogP contribution is -2.19. The van der Waals surface area contributed by atoms with Crippen molar-refractivity contribution in [3.05, 3.63) is 0 Å². The monoisotopic (exact) mass is 470 g/mol. The zero-order valence-electron chi connectivity index (χ0n) is 20.0. The molecular weight excluding hydrogens is 424 g/mol. The van der Waals surface area contributed by atoms with Crippen LogP contribution in [0.1, 0.15) is 20.3 Å². The Balaban J connectivity index is 3.05. The summed E-state index contributed by atoms with van der Waals surface area (Å²) in [5.41, 5.74) is 0. The minimum absolute atomic E-state index is 0.0287. The van der Waals surface area contributed by atoms with E-state index in [2.05, 4.69) is 13.8 Å². The van der Waals surface area contributed by atoms with Crippen LogP contribution in [0.15, 0.2) is 0 Å². The molecule has 1 atom stereocenters. The van der Waals surface area contributed by atoms with Crippen LogP contribution in [0.5, 0.6) is 0 Å². The summed E-state index contributed by atoms with van der Waals surface area (Å²) in [6.45, 7) is 11.9. The van der Waals surface area contributed by atoms with Gasteiger partial charge in [0.15, 0.2) is 0 Å². The molecule has 32 heavy (non-hydrogen) atoms. The van der Waals surface area contributed by atoms with E-state index >= 15 is 0 Å². The molecule has 0 rings (SSSR count). The summed E-state index contributed by atoms with van der Waals surface area (Å²) >= 11 is 0. The normalized spacial score (nSPS) is 12.7. The van der Waals surface area contributed by atoms with Gasteiger partial charge in [-0.25, -0.2) is 0 Å².